The summed E-state index contributed by atoms with van der Waals surface area (Å²) in [6.07, 6.45) is 6.39. The zero-order chi connectivity index (χ0) is 12.5. The summed E-state index contributed by atoms with van der Waals surface area (Å²) in [6.45, 7) is 4.77. The Balaban J connectivity index is 1.78. The van der Waals surface area contributed by atoms with E-state index in [1.54, 1.807) is 11.3 Å². The van der Waals surface area contributed by atoms with E-state index < -0.39 is 0 Å². The van der Waals surface area contributed by atoms with Crippen molar-refractivity contribution in [3.8, 4) is 0 Å². The molecule has 2 fully saturated rings. The van der Waals surface area contributed by atoms with Gasteiger partial charge in [0.15, 0.2) is 5.13 Å². The maximum atomic E-state index is 9.46. The second-order valence-electron chi connectivity index (χ2n) is 5.76. The highest BCUT2D eigenvalue weighted by atomic mass is 32.1. The summed E-state index contributed by atoms with van der Waals surface area (Å²) in [5.74, 6) is 1.48. The molecule has 1 aliphatic carbocycles. The van der Waals surface area contributed by atoms with Crippen molar-refractivity contribution in [3.63, 3.8) is 0 Å². The molecule has 2 aliphatic rings. The van der Waals surface area contributed by atoms with Gasteiger partial charge in [-0.05, 0) is 38.0 Å². The van der Waals surface area contributed by atoms with E-state index in [1.165, 1.54) is 37.8 Å². The normalized spacial score (nSPS) is 25.2. The molecule has 1 saturated carbocycles. The minimum absolute atomic E-state index is 0.160. The lowest BCUT2D eigenvalue weighted by Crippen LogP contribution is -2.23. The van der Waals surface area contributed by atoms with Crippen molar-refractivity contribution in [1.29, 1.82) is 0 Å². The van der Waals surface area contributed by atoms with Crippen molar-refractivity contribution in [1.82, 2.24) is 4.98 Å². The van der Waals surface area contributed by atoms with E-state index in [9.17, 15) is 5.11 Å². The number of rotatable bonds is 3. The fourth-order valence-corrected chi connectivity index (χ4v) is 3.79. The van der Waals surface area contributed by atoms with Crippen LogP contribution in [0.2, 0.25) is 0 Å². The van der Waals surface area contributed by atoms with Crippen molar-refractivity contribution in [2.45, 2.75) is 51.6 Å². The Bertz CT molecular complexity index is 414. The highest BCUT2D eigenvalue weighted by molar-refractivity contribution is 7.15. The van der Waals surface area contributed by atoms with Gasteiger partial charge in [0, 0.05) is 19.0 Å². The second kappa shape index (κ2) is 5.17. The number of hydrogen-bond acceptors (Lipinski definition) is 4. The van der Waals surface area contributed by atoms with Crippen LogP contribution in [0.15, 0.2) is 0 Å². The molecule has 1 atom stereocenters. The van der Waals surface area contributed by atoms with Gasteiger partial charge in [-0.2, -0.15) is 0 Å². The molecule has 0 bridgehead atoms. The van der Waals surface area contributed by atoms with E-state index in [0.717, 1.165) is 29.0 Å². The second-order valence-corrected chi connectivity index (χ2v) is 6.82. The molecule has 1 N–H and O–H groups in total. The molecule has 4 heteroatoms. The van der Waals surface area contributed by atoms with Crippen molar-refractivity contribution in [3.05, 3.63) is 10.6 Å². The van der Waals surface area contributed by atoms with Crippen LogP contribution < -0.4 is 4.90 Å². The molecular weight excluding hydrogens is 244 g/mol. The molecule has 0 spiro atoms. The van der Waals surface area contributed by atoms with Crippen molar-refractivity contribution in [2.24, 2.45) is 5.92 Å². The van der Waals surface area contributed by atoms with Crippen molar-refractivity contribution in [2.75, 3.05) is 18.0 Å². The number of anilines is 1. The van der Waals surface area contributed by atoms with E-state index in [2.05, 4.69) is 11.8 Å². The lowest BCUT2D eigenvalue weighted by Gasteiger charge is -2.18. The molecule has 3 nitrogen and oxygen atoms in total. The Kier molecular flexibility index (Phi) is 3.57. The number of aromatic nitrogens is 1. The lowest BCUT2D eigenvalue weighted by atomic mass is 10.0. The third-order valence-electron chi connectivity index (χ3n) is 4.11. The fourth-order valence-electron chi connectivity index (χ4n) is 2.73. The summed E-state index contributed by atoms with van der Waals surface area (Å²) in [5, 5.41) is 10.6. The first-order valence-corrected chi connectivity index (χ1v) is 7.95. The SMILES string of the molecule is CC1CCCN(c2nc(C3CC3)c(CO)s2)CC1. The summed E-state index contributed by atoms with van der Waals surface area (Å²) in [4.78, 5) is 8.35. The zero-order valence-electron chi connectivity index (χ0n) is 11.1. The summed E-state index contributed by atoms with van der Waals surface area (Å²) < 4.78 is 0. The maximum Gasteiger partial charge on any atom is 0.185 e. The maximum absolute atomic E-state index is 9.46. The predicted octanol–water partition coefficient (Wildman–Crippen LogP) is 3.14. The van der Waals surface area contributed by atoms with E-state index in [0.29, 0.717) is 5.92 Å². The quantitative estimate of drug-likeness (QED) is 0.913. The van der Waals surface area contributed by atoms with Crippen LogP contribution in [-0.4, -0.2) is 23.2 Å². The minimum atomic E-state index is 0.160. The molecule has 2 heterocycles. The van der Waals surface area contributed by atoms with Crippen LogP contribution in [0.3, 0.4) is 0 Å². The highest BCUT2D eigenvalue weighted by Crippen LogP contribution is 2.44. The standard InChI is InChI=1S/C14H22N2OS/c1-10-3-2-7-16(8-6-10)14-15-13(11-4-5-11)12(9-17)18-14/h10-11,17H,2-9H2,1H3. The smallest absolute Gasteiger partial charge is 0.185 e. The number of hydrogen-bond donors (Lipinski definition) is 1. The molecule has 1 aliphatic heterocycles. The third kappa shape index (κ3) is 2.54. The van der Waals surface area contributed by atoms with Gasteiger partial charge in [0.2, 0.25) is 0 Å². The van der Waals surface area contributed by atoms with Crippen LogP contribution in [0.5, 0.6) is 0 Å². The van der Waals surface area contributed by atoms with Crippen LogP contribution in [0.25, 0.3) is 0 Å². The molecule has 0 aromatic carbocycles. The van der Waals surface area contributed by atoms with Crippen molar-refractivity contribution >= 4 is 16.5 Å². The average Bonchev–Trinajstić information content (AvgIpc) is 3.16. The van der Waals surface area contributed by atoms with Crippen LogP contribution in [-0.2, 0) is 6.61 Å². The van der Waals surface area contributed by atoms with Crippen molar-refractivity contribution < 1.29 is 5.11 Å². The van der Waals surface area contributed by atoms with Crippen LogP contribution in [0, 0.1) is 5.92 Å². The fraction of sp³-hybridized carbons (Fsp3) is 0.786. The molecule has 1 saturated heterocycles. The molecule has 1 unspecified atom stereocenters. The van der Waals surface area contributed by atoms with Gasteiger partial charge in [-0.15, -0.1) is 0 Å². The molecule has 1 aromatic rings. The zero-order valence-corrected chi connectivity index (χ0v) is 11.9. The Morgan fingerprint density at radius 1 is 1.28 bits per heavy atom. The summed E-state index contributed by atoms with van der Waals surface area (Å²) in [5.41, 5.74) is 1.19. The molecule has 1 aromatic heterocycles. The monoisotopic (exact) mass is 266 g/mol. The predicted molar refractivity (Wildman–Crippen MR) is 75.2 cm³/mol. The van der Waals surface area contributed by atoms with Gasteiger partial charge in [-0.1, -0.05) is 18.3 Å². The topological polar surface area (TPSA) is 36.4 Å². The Morgan fingerprint density at radius 2 is 2.11 bits per heavy atom. The molecule has 100 valence electrons. The first-order valence-electron chi connectivity index (χ1n) is 7.13. The van der Waals surface area contributed by atoms with Gasteiger partial charge in [0.1, 0.15) is 0 Å². The average molecular weight is 266 g/mol. The summed E-state index contributed by atoms with van der Waals surface area (Å²) in [6, 6.07) is 0. The van der Waals surface area contributed by atoms with Gasteiger partial charge in [-0.3, -0.25) is 0 Å². The van der Waals surface area contributed by atoms with Crippen LogP contribution in [0.4, 0.5) is 5.13 Å². The number of aliphatic hydroxyl groups is 1. The van der Waals surface area contributed by atoms with E-state index in [4.69, 9.17) is 4.98 Å². The van der Waals surface area contributed by atoms with Gasteiger partial charge in [0.05, 0.1) is 17.2 Å². The largest absolute Gasteiger partial charge is 0.391 e. The van der Waals surface area contributed by atoms with E-state index >= 15 is 0 Å². The van der Waals surface area contributed by atoms with Gasteiger partial charge >= 0.3 is 0 Å². The molecule has 18 heavy (non-hydrogen) atoms. The van der Waals surface area contributed by atoms with E-state index in [1.807, 2.05) is 0 Å². The Morgan fingerprint density at radius 3 is 2.83 bits per heavy atom. The molecule has 0 amide bonds. The number of aliphatic hydroxyl groups excluding tert-OH is 1. The van der Waals surface area contributed by atoms with Crippen LogP contribution in [0.1, 0.15) is 55.5 Å². The first-order chi connectivity index (χ1) is 8.78. The molecular formula is C14H22N2OS. The van der Waals surface area contributed by atoms with Crippen LogP contribution >= 0.6 is 11.3 Å². The summed E-state index contributed by atoms with van der Waals surface area (Å²) >= 11 is 1.71. The number of nitrogens with zero attached hydrogens (tertiary/aromatic N) is 2. The lowest BCUT2D eigenvalue weighted by molar-refractivity contribution is 0.284. The van der Waals surface area contributed by atoms with Gasteiger partial charge in [-0.25, -0.2) is 4.98 Å². The summed E-state index contributed by atoms with van der Waals surface area (Å²) in [7, 11) is 0. The first kappa shape index (κ1) is 12.4. The number of thiazole rings is 1. The minimum Gasteiger partial charge on any atom is -0.391 e. The molecule has 0 radical (unpaired) electrons. The Hall–Kier alpha value is -0.610. The Labute approximate surface area is 113 Å². The van der Waals surface area contributed by atoms with Gasteiger partial charge in [0.25, 0.3) is 0 Å². The van der Waals surface area contributed by atoms with E-state index in [-0.39, 0.29) is 6.61 Å². The molecule has 3 rings (SSSR count). The third-order valence-corrected chi connectivity index (χ3v) is 5.23. The van der Waals surface area contributed by atoms with Gasteiger partial charge < -0.3 is 10.0 Å². The highest BCUT2D eigenvalue weighted by Gasteiger charge is 2.30.